The predicted molar refractivity (Wildman–Crippen MR) is 130 cm³/mol. The fourth-order valence-corrected chi connectivity index (χ4v) is 4.53. The van der Waals surface area contributed by atoms with E-state index in [1.807, 2.05) is 0 Å². The second-order valence-electron chi connectivity index (χ2n) is 8.83. The largest absolute Gasteiger partial charge is 0.419 e. The molecule has 10 heteroatoms. The van der Waals surface area contributed by atoms with E-state index in [2.05, 4.69) is 20.6 Å². The van der Waals surface area contributed by atoms with Crippen molar-refractivity contribution in [3.05, 3.63) is 77.4 Å². The van der Waals surface area contributed by atoms with E-state index in [9.17, 15) is 22.0 Å². The van der Waals surface area contributed by atoms with Gasteiger partial charge in [0.15, 0.2) is 0 Å². The van der Waals surface area contributed by atoms with E-state index in [1.54, 1.807) is 6.07 Å². The van der Waals surface area contributed by atoms with Crippen LogP contribution in [0.25, 0.3) is 33.3 Å². The third-order valence-corrected chi connectivity index (χ3v) is 6.38. The Bertz CT molecular complexity index is 1520. The molecule has 0 bridgehead atoms. The molecule has 2 heterocycles. The lowest BCUT2D eigenvalue weighted by Gasteiger charge is -2.16. The van der Waals surface area contributed by atoms with E-state index in [0.29, 0.717) is 28.9 Å². The molecule has 5 nitrogen and oxygen atoms in total. The lowest BCUT2D eigenvalue weighted by Crippen LogP contribution is -2.18. The number of rotatable bonds is 5. The van der Waals surface area contributed by atoms with Crippen LogP contribution in [0.15, 0.2) is 54.6 Å². The summed E-state index contributed by atoms with van der Waals surface area (Å²) in [6, 6.07) is 13.3. The Morgan fingerprint density at radius 3 is 2.51 bits per heavy atom. The van der Waals surface area contributed by atoms with Gasteiger partial charge in [0.25, 0.3) is 0 Å². The molecule has 37 heavy (non-hydrogen) atoms. The lowest BCUT2D eigenvalue weighted by molar-refractivity contribution is -0.139. The molecular weight excluding hydrogens is 489 g/mol. The summed E-state index contributed by atoms with van der Waals surface area (Å²) in [5.41, 5.74) is -0.739. The van der Waals surface area contributed by atoms with Gasteiger partial charge in [-0.3, -0.25) is 0 Å². The molecule has 0 unspecified atom stereocenters. The van der Waals surface area contributed by atoms with E-state index in [4.69, 9.17) is 5.26 Å². The number of benzene rings is 3. The van der Waals surface area contributed by atoms with Crippen molar-refractivity contribution >= 4 is 16.9 Å². The maximum absolute atomic E-state index is 14.5. The zero-order valence-corrected chi connectivity index (χ0v) is 19.3. The quantitative estimate of drug-likeness (QED) is 0.316. The van der Waals surface area contributed by atoms with Crippen LogP contribution >= 0.6 is 0 Å². The van der Waals surface area contributed by atoms with Crippen LogP contribution < -0.4 is 10.6 Å². The highest BCUT2D eigenvalue weighted by Gasteiger charge is 2.37. The molecule has 1 aromatic heterocycles. The first-order valence-electron chi connectivity index (χ1n) is 11.6. The number of nitriles is 1. The smallest absolute Gasteiger partial charge is 0.354 e. The molecule has 188 valence electrons. The molecule has 1 saturated heterocycles. The summed E-state index contributed by atoms with van der Waals surface area (Å²) >= 11 is 0. The molecule has 0 radical (unpaired) electrons. The number of hydrogen-bond acceptors (Lipinski definition) is 5. The maximum Gasteiger partial charge on any atom is 0.419 e. The van der Waals surface area contributed by atoms with Crippen molar-refractivity contribution in [1.82, 2.24) is 15.3 Å². The Hall–Kier alpha value is -4.10. The standard InChI is InChI=1S/C27H20F5N5/c28-21-3-1-2-19(24(21)27(30,31)32)16-6-7-23-20(10-16)25(17-4-5-18(12-33)22(29)11-17)37-26(36-23)35-14-15-8-9-34-13-15/h1-7,10-11,15,34H,8-9,13-14H2,(H,35,36,37)/t15-/m0/s1. The number of hydrogen-bond donors (Lipinski definition) is 2. The number of nitrogens with one attached hydrogen (secondary N) is 2. The van der Waals surface area contributed by atoms with E-state index < -0.39 is 23.4 Å². The van der Waals surface area contributed by atoms with Crippen LogP contribution in [0.2, 0.25) is 0 Å². The summed E-state index contributed by atoms with van der Waals surface area (Å²) in [5.74, 6) is -1.46. The normalized spacial score (nSPS) is 15.6. The predicted octanol–water partition coefficient (Wildman–Crippen LogP) is 6.15. The Morgan fingerprint density at radius 2 is 1.81 bits per heavy atom. The second-order valence-corrected chi connectivity index (χ2v) is 8.83. The monoisotopic (exact) mass is 509 g/mol. The van der Waals surface area contributed by atoms with Crippen LogP contribution in [0.4, 0.5) is 27.9 Å². The molecule has 3 aromatic carbocycles. The minimum Gasteiger partial charge on any atom is -0.354 e. The summed E-state index contributed by atoms with van der Waals surface area (Å²) in [6.07, 6.45) is -3.92. The van der Waals surface area contributed by atoms with Crippen molar-refractivity contribution < 1.29 is 22.0 Å². The number of fused-ring (bicyclic) bond motifs is 1. The molecule has 0 amide bonds. The van der Waals surface area contributed by atoms with Crippen LogP contribution in [-0.2, 0) is 6.18 Å². The van der Waals surface area contributed by atoms with Gasteiger partial charge in [0.05, 0.1) is 22.3 Å². The van der Waals surface area contributed by atoms with E-state index >= 15 is 0 Å². The first kappa shape index (κ1) is 24.6. The van der Waals surface area contributed by atoms with Gasteiger partial charge in [0.2, 0.25) is 5.95 Å². The maximum atomic E-state index is 14.5. The first-order chi connectivity index (χ1) is 17.7. The van der Waals surface area contributed by atoms with Gasteiger partial charge in [0, 0.05) is 17.5 Å². The van der Waals surface area contributed by atoms with Crippen LogP contribution in [0, 0.1) is 28.9 Å². The van der Waals surface area contributed by atoms with Crippen molar-refractivity contribution in [3.8, 4) is 28.5 Å². The van der Waals surface area contributed by atoms with Crippen LogP contribution in [0.5, 0.6) is 0 Å². The average molecular weight is 509 g/mol. The molecule has 1 aliphatic rings. The SMILES string of the molecule is N#Cc1ccc(-c2nc(NC[C@H]3CCNC3)nc3ccc(-c4cccc(F)c4C(F)(F)F)cc23)cc1F. The molecule has 0 spiro atoms. The van der Waals surface area contributed by atoms with Crippen LogP contribution in [0.3, 0.4) is 0 Å². The number of anilines is 1. The number of aromatic nitrogens is 2. The van der Waals surface area contributed by atoms with Gasteiger partial charge in [0.1, 0.15) is 17.7 Å². The average Bonchev–Trinajstić information content (AvgIpc) is 3.39. The van der Waals surface area contributed by atoms with Crippen molar-refractivity contribution in [1.29, 1.82) is 5.26 Å². The van der Waals surface area contributed by atoms with Gasteiger partial charge < -0.3 is 10.6 Å². The molecule has 5 rings (SSSR count). The molecule has 0 aliphatic carbocycles. The summed E-state index contributed by atoms with van der Waals surface area (Å²) in [5, 5.41) is 15.9. The summed E-state index contributed by atoms with van der Waals surface area (Å²) in [7, 11) is 0. The molecule has 1 fully saturated rings. The molecule has 2 N–H and O–H groups in total. The van der Waals surface area contributed by atoms with Crippen molar-refractivity contribution in [3.63, 3.8) is 0 Å². The fourth-order valence-electron chi connectivity index (χ4n) is 4.53. The number of alkyl halides is 3. The van der Waals surface area contributed by atoms with Gasteiger partial charge in [-0.2, -0.15) is 18.4 Å². The second kappa shape index (κ2) is 9.75. The highest BCUT2D eigenvalue weighted by atomic mass is 19.4. The molecule has 1 aliphatic heterocycles. The summed E-state index contributed by atoms with van der Waals surface area (Å²) in [4.78, 5) is 9.08. The molecule has 4 aromatic rings. The Labute approximate surface area is 209 Å². The third kappa shape index (κ3) is 4.95. The summed E-state index contributed by atoms with van der Waals surface area (Å²) in [6.45, 7) is 2.38. The molecule has 1 atom stereocenters. The molecular formula is C27H20F5N5. The zero-order chi connectivity index (χ0) is 26.2. The van der Waals surface area contributed by atoms with Gasteiger partial charge in [-0.05, 0) is 66.9 Å². The zero-order valence-electron chi connectivity index (χ0n) is 19.3. The van der Waals surface area contributed by atoms with Crippen molar-refractivity contribution in [2.45, 2.75) is 12.6 Å². The summed E-state index contributed by atoms with van der Waals surface area (Å²) < 4.78 is 69.8. The van der Waals surface area contributed by atoms with Crippen LogP contribution in [-0.4, -0.2) is 29.6 Å². The Balaban J connectivity index is 1.67. The number of nitrogens with zero attached hydrogens (tertiary/aromatic N) is 3. The first-order valence-corrected chi connectivity index (χ1v) is 11.6. The third-order valence-electron chi connectivity index (χ3n) is 6.38. The van der Waals surface area contributed by atoms with Gasteiger partial charge >= 0.3 is 6.18 Å². The van der Waals surface area contributed by atoms with E-state index in [1.165, 1.54) is 42.5 Å². The van der Waals surface area contributed by atoms with Crippen LogP contribution in [0.1, 0.15) is 17.5 Å². The van der Waals surface area contributed by atoms with Crippen molar-refractivity contribution in [2.75, 3.05) is 25.0 Å². The highest BCUT2D eigenvalue weighted by Crippen LogP contribution is 2.40. The van der Waals surface area contributed by atoms with Crippen molar-refractivity contribution in [2.24, 2.45) is 5.92 Å². The fraction of sp³-hybridized carbons (Fsp3) is 0.222. The van der Waals surface area contributed by atoms with E-state index in [0.717, 1.165) is 31.6 Å². The lowest BCUT2D eigenvalue weighted by atomic mass is 9.96. The van der Waals surface area contributed by atoms with E-state index in [-0.39, 0.29) is 28.3 Å². The molecule has 0 saturated carbocycles. The minimum absolute atomic E-state index is 0.107. The van der Waals surface area contributed by atoms with Gasteiger partial charge in [-0.1, -0.05) is 24.3 Å². The number of halogens is 5. The topological polar surface area (TPSA) is 73.6 Å². The Kier molecular flexibility index (Phi) is 6.48. The highest BCUT2D eigenvalue weighted by molar-refractivity contribution is 5.96. The van der Waals surface area contributed by atoms with Gasteiger partial charge in [-0.25, -0.2) is 18.7 Å². The Morgan fingerprint density at radius 1 is 1.00 bits per heavy atom. The minimum atomic E-state index is -4.91. The van der Waals surface area contributed by atoms with Gasteiger partial charge in [-0.15, -0.1) is 0 Å².